The number of halogens is 1. The zero-order valence-electron chi connectivity index (χ0n) is 12.5. The van der Waals surface area contributed by atoms with Crippen LogP contribution in [-0.2, 0) is 4.79 Å². The summed E-state index contributed by atoms with van der Waals surface area (Å²) in [6, 6.07) is 5.29. The first-order valence-corrected chi connectivity index (χ1v) is 7.91. The van der Waals surface area contributed by atoms with Gasteiger partial charge in [0, 0.05) is 17.6 Å². The average molecular weight is 311 g/mol. The van der Waals surface area contributed by atoms with Gasteiger partial charge in [-0.25, -0.2) is 0 Å². The molecular formula is C16H23ClN2O2. The van der Waals surface area contributed by atoms with Crippen LogP contribution in [0.4, 0.5) is 5.69 Å². The quantitative estimate of drug-likeness (QED) is 0.841. The number of hydrogen-bond donors (Lipinski definition) is 2. The number of nitrogens with one attached hydrogen (secondary N) is 1. The highest BCUT2D eigenvalue weighted by molar-refractivity contribution is 6.32. The highest BCUT2D eigenvalue weighted by atomic mass is 35.5. The molecule has 0 saturated heterocycles. The topological polar surface area (TPSA) is 64.3 Å². The van der Waals surface area contributed by atoms with Crippen LogP contribution in [0.25, 0.3) is 0 Å². The summed E-state index contributed by atoms with van der Waals surface area (Å²) in [4.78, 5) is 12.1. The Labute approximate surface area is 131 Å². The molecule has 0 aliphatic heterocycles. The molecule has 0 radical (unpaired) electrons. The van der Waals surface area contributed by atoms with Gasteiger partial charge >= 0.3 is 0 Å². The number of ether oxygens (including phenoxy) is 1. The zero-order chi connectivity index (χ0) is 15.3. The van der Waals surface area contributed by atoms with E-state index in [1.165, 1.54) is 0 Å². The summed E-state index contributed by atoms with van der Waals surface area (Å²) in [5.41, 5.74) is 6.56. The summed E-state index contributed by atoms with van der Waals surface area (Å²) in [6.45, 7) is 2.66. The maximum Gasteiger partial charge on any atom is 0.226 e. The van der Waals surface area contributed by atoms with E-state index in [-0.39, 0.29) is 11.4 Å². The molecule has 0 spiro atoms. The van der Waals surface area contributed by atoms with Crippen molar-refractivity contribution in [1.29, 1.82) is 0 Å². The Morgan fingerprint density at radius 1 is 1.43 bits per heavy atom. The number of amides is 1. The van der Waals surface area contributed by atoms with Gasteiger partial charge in [0.1, 0.15) is 5.75 Å². The second kappa shape index (κ2) is 7.14. The SMILES string of the molecule is CCCOc1ccc(NC(=O)CC2(N)CCCC2)cc1Cl. The van der Waals surface area contributed by atoms with E-state index < -0.39 is 0 Å². The van der Waals surface area contributed by atoms with Crippen molar-refractivity contribution in [2.24, 2.45) is 5.73 Å². The minimum absolute atomic E-state index is 0.0577. The predicted molar refractivity (Wildman–Crippen MR) is 85.9 cm³/mol. The average Bonchev–Trinajstić information content (AvgIpc) is 2.84. The summed E-state index contributed by atoms with van der Waals surface area (Å²) in [5.74, 6) is 0.584. The first-order valence-electron chi connectivity index (χ1n) is 7.53. The van der Waals surface area contributed by atoms with Crippen LogP contribution >= 0.6 is 11.6 Å². The van der Waals surface area contributed by atoms with Crippen LogP contribution in [0, 0.1) is 0 Å². The summed E-state index contributed by atoms with van der Waals surface area (Å²) in [7, 11) is 0. The molecule has 0 heterocycles. The molecule has 5 heteroatoms. The van der Waals surface area contributed by atoms with Gasteiger partial charge in [0.25, 0.3) is 0 Å². The Hall–Kier alpha value is -1.26. The van der Waals surface area contributed by atoms with Crippen LogP contribution in [0.5, 0.6) is 5.75 Å². The van der Waals surface area contributed by atoms with E-state index in [2.05, 4.69) is 5.32 Å². The molecule has 1 aliphatic carbocycles. The predicted octanol–water partition coefficient (Wildman–Crippen LogP) is 3.73. The smallest absolute Gasteiger partial charge is 0.226 e. The number of hydrogen-bond acceptors (Lipinski definition) is 3. The maximum atomic E-state index is 12.1. The molecule has 0 aromatic heterocycles. The second-order valence-corrected chi connectivity index (χ2v) is 6.20. The molecule has 3 N–H and O–H groups in total. The Kier molecular flexibility index (Phi) is 5.48. The van der Waals surface area contributed by atoms with Crippen LogP contribution < -0.4 is 15.8 Å². The van der Waals surface area contributed by atoms with Crippen LogP contribution in [-0.4, -0.2) is 18.1 Å². The van der Waals surface area contributed by atoms with E-state index in [0.29, 0.717) is 29.5 Å². The van der Waals surface area contributed by atoms with Crippen LogP contribution in [0.3, 0.4) is 0 Å². The van der Waals surface area contributed by atoms with E-state index in [0.717, 1.165) is 32.1 Å². The number of nitrogens with two attached hydrogens (primary N) is 1. The third-order valence-corrected chi connectivity index (χ3v) is 4.08. The van der Waals surface area contributed by atoms with Gasteiger partial charge in [0.05, 0.1) is 11.6 Å². The summed E-state index contributed by atoms with van der Waals surface area (Å²) in [5, 5.41) is 3.36. The zero-order valence-corrected chi connectivity index (χ0v) is 13.2. The fourth-order valence-electron chi connectivity index (χ4n) is 2.69. The summed E-state index contributed by atoms with van der Waals surface area (Å²) >= 11 is 6.15. The van der Waals surface area contributed by atoms with Crippen molar-refractivity contribution in [2.75, 3.05) is 11.9 Å². The molecule has 0 unspecified atom stereocenters. The van der Waals surface area contributed by atoms with Gasteiger partial charge in [0.2, 0.25) is 5.91 Å². The molecule has 116 valence electrons. The third-order valence-electron chi connectivity index (χ3n) is 3.79. The third kappa shape index (κ3) is 4.61. The first kappa shape index (κ1) is 16.1. The Bertz CT molecular complexity index is 499. The minimum Gasteiger partial charge on any atom is -0.492 e. The standard InChI is InChI=1S/C16H23ClN2O2/c1-2-9-21-14-6-5-12(10-13(14)17)19-15(20)11-16(18)7-3-4-8-16/h5-6,10H,2-4,7-9,11,18H2,1H3,(H,19,20). The highest BCUT2D eigenvalue weighted by Crippen LogP contribution is 2.31. The van der Waals surface area contributed by atoms with E-state index in [4.69, 9.17) is 22.1 Å². The maximum absolute atomic E-state index is 12.1. The number of carbonyl (C=O) groups is 1. The highest BCUT2D eigenvalue weighted by Gasteiger charge is 2.31. The van der Waals surface area contributed by atoms with Gasteiger partial charge in [0.15, 0.2) is 0 Å². The lowest BCUT2D eigenvalue weighted by Crippen LogP contribution is -2.40. The van der Waals surface area contributed by atoms with Crippen molar-refractivity contribution in [3.05, 3.63) is 23.2 Å². The molecule has 1 fully saturated rings. The Morgan fingerprint density at radius 3 is 2.76 bits per heavy atom. The molecular weight excluding hydrogens is 288 g/mol. The lowest BCUT2D eigenvalue weighted by molar-refractivity contribution is -0.117. The van der Waals surface area contributed by atoms with Gasteiger partial charge in [-0.3, -0.25) is 4.79 Å². The Balaban J connectivity index is 1.93. The molecule has 21 heavy (non-hydrogen) atoms. The minimum atomic E-state index is -0.335. The molecule has 1 aromatic carbocycles. The molecule has 4 nitrogen and oxygen atoms in total. The number of anilines is 1. The molecule has 1 aromatic rings. The van der Waals surface area contributed by atoms with Gasteiger partial charge in [-0.1, -0.05) is 31.4 Å². The molecule has 2 rings (SSSR count). The van der Waals surface area contributed by atoms with Crippen LogP contribution in [0.2, 0.25) is 5.02 Å². The Morgan fingerprint density at radius 2 is 2.14 bits per heavy atom. The molecule has 0 bridgehead atoms. The monoisotopic (exact) mass is 310 g/mol. The number of carbonyl (C=O) groups excluding carboxylic acids is 1. The van der Waals surface area contributed by atoms with Crippen molar-refractivity contribution < 1.29 is 9.53 Å². The van der Waals surface area contributed by atoms with E-state index in [1.807, 2.05) is 6.92 Å². The second-order valence-electron chi connectivity index (χ2n) is 5.79. The van der Waals surface area contributed by atoms with Crippen molar-refractivity contribution in [3.63, 3.8) is 0 Å². The van der Waals surface area contributed by atoms with E-state index in [1.54, 1.807) is 18.2 Å². The van der Waals surface area contributed by atoms with Crippen molar-refractivity contribution in [2.45, 2.75) is 51.0 Å². The van der Waals surface area contributed by atoms with Crippen LogP contribution in [0.15, 0.2) is 18.2 Å². The first-order chi connectivity index (χ1) is 10.0. The molecule has 0 atom stereocenters. The number of rotatable bonds is 6. The van der Waals surface area contributed by atoms with Crippen molar-refractivity contribution in [3.8, 4) is 5.75 Å². The van der Waals surface area contributed by atoms with Gasteiger partial charge in [-0.2, -0.15) is 0 Å². The molecule has 1 aliphatic rings. The fourth-order valence-corrected chi connectivity index (χ4v) is 2.92. The van der Waals surface area contributed by atoms with Crippen molar-refractivity contribution in [1.82, 2.24) is 0 Å². The molecule has 1 amide bonds. The number of benzene rings is 1. The van der Waals surface area contributed by atoms with Gasteiger partial charge in [-0.15, -0.1) is 0 Å². The van der Waals surface area contributed by atoms with Crippen molar-refractivity contribution >= 4 is 23.2 Å². The lowest BCUT2D eigenvalue weighted by Gasteiger charge is -2.22. The van der Waals surface area contributed by atoms with Gasteiger partial charge in [-0.05, 0) is 37.5 Å². The van der Waals surface area contributed by atoms with Crippen LogP contribution in [0.1, 0.15) is 45.4 Å². The summed E-state index contributed by atoms with van der Waals surface area (Å²) in [6.07, 6.45) is 5.35. The fraction of sp³-hybridized carbons (Fsp3) is 0.562. The van der Waals surface area contributed by atoms with E-state index in [9.17, 15) is 4.79 Å². The molecule has 1 saturated carbocycles. The normalized spacial score (nSPS) is 16.7. The lowest BCUT2D eigenvalue weighted by atomic mass is 9.94. The van der Waals surface area contributed by atoms with Gasteiger partial charge < -0.3 is 15.8 Å². The van der Waals surface area contributed by atoms with E-state index >= 15 is 0 Å². The summed E-state index contributed by atoms with van der Waals surface area (Å²) < 4.78 is 5.50. The largest absolute Gasteiger partial charge is 0.492 e.